The molecule has 2 N–H and O–H groups in total. The van der Waals surface area contributed by atoms with Crippen molar-refractivity contribution in [1.82, 2.24) is 0 Å². The van der Waals surface area contributed by atoms with E-state index in [0.29, 0.717) is 50.6 Å². The molecule has 9 rings (SSSR count). The van der Waals surface area contributed by atoms with Crippen molar-refractivity contribution in [3.8, 4) is 0 Å². The number of carbonyl (C=O) groups excluding carboxylic acids is 2. The summed E-state index contributed by atoms with van der Waals surface area (Å²) in [5, 5.41) is 7.03. The van der Waals surface area contributed by atoms with Gasteiger partial charge in [0, 0.05) is 47.2 Å². The van der Waals surface area contributed by atoms with Gasteiger partial charge in [0.2, 0.25) is 0 Å². The van der Waals surface area contributed by atoms with Crippen molar-refractivity contribution in [3.63, 3.8) is 0 Å². The van der Waals surface area contributed by atoms with E-state index in [1.54, 1.807) is 0 Å². The van der Waals surface area contributed by atoms with E-state index in [1.807, 2.05) is 250 Å². The summed E-state index contributed by atoms with van der Waals surface area (Å²) in [6.07, 6.45) is 0. The van der Waals surface area contributed by atoms with Crippen molar-refractivity contribution in [2.45, 2.75) is 39.3 Å². The van der Waals surface area contributed by atoms with Crippen LogP contribution in [-0.2, 0) is 39.3 Å². The number of urea groups is 2. The summed E-state index contributed by atoms with van der Waals surface area (Å²) in [5.74, 6) is 0. The number of carbonyl (C=O) groups is 2. The maximum absolute atomic E-state index is 15.3. The van der Waals surface area contributed by atoms with E-state index in [4.69, 9.17) is 0 Å². The van der Waals surface area contributed by atoms with Crippen LogP contribution in [0.15, 0.2) is 255 Å². The molecule has 8 nitrogen and oxygen atoms in total. The van der Waals surface area contributed by atoms with Crippen molar-refractivity contribution in [1.29, 1.82) is 0 Å². The molecule has 8 heteroatoms. The fraction of sp³-hybridized carbons (Fsp3) is 0.0968. The lowest BCUT2D eigenvalue weighted by Gasteiger charge is -2.33. The first-order chi connectivity index (χ1) is 34.5. The third-order valence-corrected chi connectivity index (χ3v) is 12.2. The van der Waals surface area contributed by atoms with Crippen LogP contribution < -0.4 is 30.2 Å². The number of hydrogen-bond acceptors (Lipinski definition) is 4. The molecule has 0 unspecified atom stereocenters. The SMILES string of the molecule is O=C(N(Cc1ccccc1)c1ccc(NCc2ccccc2)cc1)N(Cc1ccccc1)c1ccc(N(Cc2ccccc2)C(=O)N(Cc2ccccc2)c2ccc(NCc3ccccc3)cc2)cc1. The lowest BCUT2D eigenvalue weighted by molar-refractivity contribution is 0.250. The van der Waals surface area contributed by atoms with Gasteiger partial charge in [-0.25, -0.2) is 9.59 Å². The summed E-state index contributed by atoms with van der Waals surface area (Å²) in [5.41, 5.74) is 11.2. The van der Waals surface area contributed by atoms with E-state index in [9.17, 15) is 0 Å². The van der Waals surface area contributed by atoms with Gasteiger partial charge in [-0.2, -0.15) is 0 Å². The van der Waals surface area contributed by atoms with Gasteiger partial charge in [0.05, 0.1) is 26.2 Å². The maximum Gasteiger partial charge on any atom is 0.329 e. The average molecular weight is 917 g/mol. The van der Waals surface area contributed by atoms with Crippen LogP contribution in [0.25, 0.3) is 0 Å². The quantitative estimate of drug-likeness (QED) is 0.0900. The number of nitrogens with one attached hydrogen (secondary N) is 2. The molecule has 0 saturated carbocycles. The number of benzene rings is 9. The number of rotatable bonds is 18. The van der Waals surface area contributed by atoms with Gasteiger partial charge in [0.15, 0.2) is 0 Å². The Morgan fingerprint density at radius 3 is 0.686 bits per heavy atom. The standard InChI is InChI=1S/C62H56N6O2/c69-61(65(45-51-23-11-3-12-24-51)57-35-31-55(32-36-57)63-43-49-19-7-1-8-20-49)67(47-53-27-15-5-16-28-53)59-39-41-60(42-40-59)68(48-54-29-17-6-18-30-54)62(70)66(46-52-25-13-4-14-26-52)58-37-33-56(34-38-58)64-44-50-21-9-2-10-22-50/h1-42,63-64H,43-48H2. The van der Waals surface area contributed by atoms with Gasteiger partial charge >= 0.3 is 12.1 Å². The van der Waals surface area contributed by atoms with Crippen molar-refractivity contribution < 1.29 is 9.59 Å². The van der Waals surface area contributed by atoms with E-state index in [-0.39, 0.29) is 12.1 Å². The zero-order valence-electron chi connectivity index (χ0n) is 39.1. The van der Waals surface area contributed by atoms with Crippen LogP contribution in [0.4, 0.5) is 43.7 Å². The number of nitrogens with zero attached hydrogens (tertiary/aromatic N) is 4. The van der Waals surface area contributed by atoms with Crippen LogP contribution in [0.5, 0.6) is 0 Å². The molecule has 0 atom stereocenters. The highest BCUT2D eigenvalue weighted by molar-refractivity contribution is 6.05. The average Bonchev–Trinajstić information content (AvgIpc) is 3.43. The minimum Gasteiger partial charge on any atom is -0.381 e. The maximum atomic E-state index is 15.3. The Bertz CT molecular complexity index is 2790. The smallest absolute Gasteiger partial charge is 0.329 e. The second-order valence-electron chi connectivity index (χ2n) is 17.1. The van der Waals surface area contributed by atoms with E-state index in [2.05, 4.69) is 34.9 Å². The molecule has 4 amide bonds. The molecule has 0 spiro atoms. The molecule has 0 fully saturated rings. The van der Waals surface area contributed by atoms with Gasteiger partial charge in [-0.1, -0.05) is 182 Å². The molecule has 9 aromatic carbocycles. The molecule has 346 valence electrons. The molecule has 0 aromatic heterocycles. The van der Waals surface area contributed by atoms with Gasteiger partial charge in [-0.3, -0.25) is 19.6 Å². The van der Waals surface area contributed by atoms with Crippen LogP contribution in [0, 0.1) is 0 Å². The summed E-state index contributed by atoms with van der Waals surface area (Å²) < 4.78 is 0. The normalized spacial score (nSPS) is 10.7. The van der Waals surface area contributed by atoms with E-state index in [0.717, 1.165) is 45.0 Å². The van der Waals surface area contributed by atoms with Gasteiger partial charge < -0.3 is 10.6 Å². The molecule has 0 radical (unpaired) electrons. The Labute approximate surface area is 411 Å². The summed E-state index contributed by atoms with van der Waals surface area (Å²) >= 11 is 0. The zero-order chi connectivity index (χ0) is 47.7. The van der Waals surface area contributed by atoms with Gasteiger partial charge in [-0.05, 0) is 106 Å². The van der Waals surface area contributed by atoms with Crippen molar-refractivity contribution in [2.24, 2.45) is 0 Å². The molecule has 70 heavy (non-hydrogen) atoms. The third kappa shape index (κ3) is 12.4. The minimum atomic E-state index is -0.182. The van der Waals surface area contributed by atoms with Crippen LogP contribution in [0.1, 0.15) is 33.4 Å². The number of anilines is 6. The zero-order valence-corrected chi connectivity index (χ0v) is 39.1. The van der Waals surface area contributed by atoms with Gasteiger partial charge in [-0.15, -0.1) is 0 Å². The molecule has 0 heterocycles. The van der Waals surface area contributed by atoms with Crippen LogP contribution in [0.3, 0.4) is 0 Å². The lowest BCUT2D eigenvalue weighted by Crippen LogP contribution is -2.43. The second kappa shape index (κ2) is 23.2. The van der Waals surface area contributed by atoms with Crippen molar-refractivity contribution in [3.05, 3.63) is 288 Å². The van der Waals surface area contributed by atoms with Crippen molar-refractivity contribution >= 4 is 46.2 Å². The Kier molecular flexibility index (Phi) is 15.3. The highest BCUT2D eigenvalue weighted by atomic mass is 16.2. The fourth-order valence-corrected chi connectivity index (χ4v) is 8.36. The predicted molar refractivity (Wildman–Crippen MR) is 288 cm³/mol. The van der Waals surface area contributed by atoms with Crippen LogP contribution in [-0.4, -0.2) is 12.1 Å². The highest BCUT2D eigenvalue weighted by Gasteiger charge is 2.28. The summed E-state index contributed by atoms with van der Waals surface area (Å²) in [4.78, 5) is 38.0. The summed E-state index contributed by atoms with van der Waals surface area (Å²) in [7, 11) is 0. The Hall–Kier alpha value is -8.88. The third-order valence-electron chi connectivity index (χ3n) is 12.2. The van der Waals surface area contributed by atoms with Gasteiger partial charge in [0.1, 0.15) is 0 Å². The first-order valence-electron chi connectivity index (χ1n) is 23.7. The molecule has 0 aliphatic carbocycles. The Morgan fingerprint density at radius 2 is 0.457 bits per heavy atom. The summed E-state index contributed by atoms with van der Waals surface area (Å²) in [6, 6.07) is 84.4. The fourth-order valence-electron chi connectivity index (χ4n) is 8.36. The Morgan fingerprint density at radius 1 is 0.257 bits per heavy atom. The molecular formula is C62H56N6O2. The van der Waals surface area contributed by atoms with E-state index in [1.165, 1.54) is 11.1 Å². The summed E-state index contributed by atoms with van der Waals surface area (Å²) in [6.45, 7) is 2.76. The predicted octanol–water partition coefficient (Wildman–Crippen LogP) is 14.6. The van der Waals surface area contributed by atoms with Crippen LogP contribution in [0.2, 0.25) is 0 Å². The van der Waals surface area contributed by atoms with Crippen molar-refractivity contribution in [2.75, 3.05) is 30.2 Å². The molecule has 0 bridgehead atoms. The largest absolute Gasteiger partial charge is 0.381 e. The van der Waals surface area contributed by atoms with E-state index >= 15 is 9.59 Å². The van der Waals surface area contributed by atoms with Crippen LogP contribution >= 0.6 is 0 Å². The van der Waals surface area contributed by atoms with E-state index < -0.39 is 0 Å². The monoisotopic (exact) mass is 916 g/mol. The lowest BCUT2D eigenvalue weighted by atomic mass is 10.1. The molecule has 0 saturated heterocycles. The topological polar surface area (TPSA) is 71.2 Å². The highest BCUT2D eigenvalue weighted by Crippen LogP contribution is 2.31. The second-order valence-corrected chi connectivity index (χ2v) is 17.1. The number of hydrogen-bond donors (Lipinski definition) is 2. The number of amides is 4. The molecule has 0 aliphatic heterocycles. The molecule has 9 aromatic rings. The molecular weight excluding hydrogens is 861 g/mol. The van der Waals surface area contributed by atoms with Gasteiger partial charge in [0.25, 0.3) is 0 Å². The Balaban J connectivity index is 1.04. The minimum absolute atomic E-state index is 0.182. The first kappa shape index (κ1) is 46.2. The first-order valence-corrected chi connectivity index (χ1v) is 23.7. The molecule has 0 aliphatic rings.